The van der Waals surface area contributed by atoms with Crippen molar-refractivity contribution in [2.24, 2.45) is 10.4 Å². The van der Waals surface area contributed by atoms with Gasteiger partial charge in [-0.2, -0.15) is 0 Å². The number of nitrogens with zero attached hydrogens (tertiary/aromatic N) is 4. The van der Waals surface area contributed by atoms with E-state index in [1.54, 1.807) is 7.05 Å². The molecule has 2 unspecified atom stereocenters. The second kappa shape index (κ2) is 8.03. The third kappa shape index (κ3) is 3.28. The van der Waals surface area contributed by atoms with Crippen LogP contribution in [0.15, 0.2) is 29.4 Å². The van der Waals surface area contributed by atoms with Gasteiger partial charge in [0, 0.05) is 31.3 Å². The molecule has 3 rings (SSSR count). The van der Waals surface area contributed by atoms with Gasteiger partial charge in [-0.15, -0.1) is 10.2 Å². The van der Waals surface area contributed by atoms with E-state index in [-0.39, 0.29) is 5.41 Å². The zero-order valence-electron chi connectivity index (χ0n) is 16.2. The first-order valence-electron chi connectivity index (χ1n) is 9.55. The van der Waals surface area contributed by atoms with Crippen LogP contribution in [0.5, 0.6) is 0 Å². The van der Waals surface area contributed by atoms with E-state index in [0.717, 1.165) is 43.3 Å². The topological polar surface area (TPSA) is 75.8 Å². The maximum Gasteiger partial charge on any atom is 0.191 e. The van der Waals surface area contributed by atoms with Crippen molar-refractivity contribution in [2.75, 3.05) is 13.7 Å². The molecule has 0 aliphatic heterocycles. The van der Waals surface area contributed by atoms with E-state index >= 15 is 0 Å². The quantitative estimate of drug-likeness (QED) is 0.587. The molecule has 0 radical (unpaired) electrons. The van der Waals surface area contributed by atoms with Crippen LogP contribution in [-0.4, -0.2) is 46.4 Å². The van der Waals surface area contributed by atoms with Crippen LogP contribution in [0.3, 0.4) is 0 Å². The number of ether oxygens (including phenoxy) is 1. The maximum atomic E-state index is 5.97. The number of nitrogens with one attached hydrogen (secondary N) is 2. The second-order valence-corrected chi connectivity index (χ2v) is 6.79. The van der Waals surface area contributed by atoms with Gasteiger partial charge >= 0.3 is 0 Å². The van der Waals surface area contributed by atoms with Crippen LogP contribution in [0.1, 0.15) is 45.9 Å². The average Bonchev–Trinajstić information content (AvgIpc) is 3.08. The SMILES string of the molecule is CCOC1CC(NC(=NC)NCc2nnc3ccccn23)C1(CC)CC. The first kappa shape index (κ1) is 18.6. The number of guanidine groups is 1. The standard InChI is InChI=1S/C19H30N6O/c1-5-19(6-2)14(12-15(19)26-7-3)22-18(20-4)21-13-17-24-23-16-10-8-9-11-25(16)17/h8-11,14-15H,5-7,12-13H2,1-4H3,(H2,20,21,22). The molecule has 1 saturated carbocycles. The molecule has 0 amide bonds. The fourth-order valence-corrected chi connectivity index (χ4v) is 4.12. The number of hydrogen-bond donors (Lipinski definition) is 2. The van der Waals surface area contributed by atoms with E-state index in [0.29, 0.717) is 18.7 Å². The summed E-state index contributed by atoms with van der Waals surface area (Å²) in [5.74, 6) is 1.66. The molecular formula is C19H30N6O. The van der Waals surface area contributed by atoms with Crippen molar-refractivity contribution < 1.29 is 4.74 Å². The summed E-state index contributed by atoms with van der Waals surface area (Å²) in [6, 6.07) is 6.26. The summed E-state index contributed by atoms with van der Waals surface area (Å²) < 4.78 is 7.95. The van der Waals surface area contributed by atoms with Gasteiger partial charge in [-0.25, -0.2) is 0 Å². The summed E-state index contributed by atoms with van der Waals surface area (Å²) in [6.07, 6.45) is 5.51. The van der Waals surface area contributed by atoms with Crippen LogP contribution in [0.25, 0.3) is 5.65 Å². The van der Waals surface area contributed by atoms with E-state index < -0.39 is 0 Å². The van der Waals surface area contributed by atoms with Gasteiger partial charge in [-0.1, -0.05) is 19.9 Å². The smallest absolute Gasteiger partial charge is 0.191 e. The Kier molecular flexibility index (Phi) is 5.76. The van der Waals surface area contributed by atoms with Crippen LogP contribution in [-0.2, 0) is 11.3 Å². The van der Waals surface area contributed by atoms with Gasteiger partial charge in [0.25, 0.3) is 0 Å². The lowest BCUT2D eigenvalue weighted by molar-refractivity contribution is -0.133. The minimum atomic E-state index is 0.176. The zero-order chi connectivity index (χ0) is 18.6. The molecule has 2 heterocycles. The number of rotatable bonds is 7. The van der Waals surface area contributed by atoms with Crippen molar-refractivity contribution in [3.63, 3.8) is 0 Å². The Bertz CT molecular complexity index is 751. The van der Waals surface area contributed by atoms with Crippen molar-refractivity contribution >= 4 is 11.6 Å². The molecule has 2 aromatic heterocycles. The van der Waals surface area contributed by atoms with Crippen LogP contribution in [0.2, 0.25) is 0 Å². The van der Waals surface area contributed by atoms with Crippen LogP contribution < -0.4 is 10.6 Å². The molecule has 1 aliphatic rings. The molecular weight excluding hydrogens is 328 g/mol. The fourth-order valence-electron chi connectivity index (χ4n) is 4.12. The molecule has 1 aliphatic carbocycles. The first-order chi connectivity index (χ1) is 12.7. The largest absolute Gasteiger partial charge is 0.378 e. The summed E-state index contributed by atoms with van der Waals surface area (Å²) in [5.41, 5.74) is 1.02. The lowest BCUT2D eigenvalue weighted by Gasteiger charge is -2.55. The Morgan fingerprint density at radius 2 is 2.12 bits per heavy atom. The first-order valence-corrected chi connectivity index (χ1v) is 9.55. The normalized spacial score (nSPS) is 22.2. The monoisotopic (exact) mass is 358 g/mol. The maximum absolute atomic E-state index is 5.97. The van der Waals surface area contributed by atoms with E-state index in [2.05, 4.69) is 46.6 Å². The van der Waals surface area contributed by atoms with Crippen LogP contribution >= 0.6 is 0 Å². The molecule has 1 fully saturated rings. The van der Waals surface area contributed by atoms with E-state index in [1.165, 1.54) is 0 Å². The summed E-state index contributed by atoms with van der Waals surface area (Å²) in [4.78, 5) is 4.39. The molecule has 2 aromatic rings. The molecule has 2 atom stereocenters. The summed E-state index contributed by atoms with van der Waals surface area (Å²) in [5, 5.41) is 15.4. The van der Waals surface area contributed by atoms with Gasteiger partial charge in [0.05, 0.1) is 12.6 Å². The van der Waals surface area contributed by atoms with Gasteiger partial charge in [-0.3, -0.25) is 9.39 Å². The Balaban J connectivity index is 1.63. The van der Waals surface area contributed by atoms with Crippen LogP contribution in [0, 0.1) is 5.41 Å². The predicted octanol–water partition coefficient (Wildman–Crippen LogP) is 2.38. The minimum Gasteiger partial charge on any atom is -0.378 e. The predicted molar refractivity (Wildman–Crippen MR) is 103 cm³/mol. The van der Waals surface area contributed by atoms with Gasteiger partial charge in [0.2, 0.25) is 0 Å². The summed E-state index contributed by atoms with van der Waals surface area (Å²) in [7, 11) is 1.80. The second-order valence-electron chi connectivity index (χ2n) is 6.79. The van der Waals surface area contributed by atoms with Crippen molar-refractivity contribution in [2.45, 2.75) is 58.7 Å². The van der Waals surface area contributed by atoms with E-state index in [4.69, 9.17) is 4.74 Å². The van der Waals surface area contributed by atoms with Gasteiger partial charge in [0.1, 0.15) is 0 Å². The molecule has 7 heteroatoms. The number of fused-ring (bicyclic) bond motifs is 1. The van der Waals surface area contributed by atoms with E-state index in [1.807, 2.05) is 28.8 Å². The highest BCUT2D eigenvalue weighted by molar-refractivity contribution is 5.80. The molecule has 0 spiro atoms. The number of aliphatic imine (C=N–C) groups is 1. The Morgan fingerprint density at radius 1 is 1.31 bits per heavy atom. The molecule has 7 nitrogen and oxygen atoms in total. The molecule has 0 saturated heterocycles. The number of aromatic nitrogens is 3. The lowest BCUT2D eigenvalue weighted by atomic mass is 9.58. The molecule has 2 N–H and O–H groups in total. The Labute approximate surface area is 155 Å². The fraction of sp³-hybridized carbons (Fsp3) is 0.632. The molecule has 0 bridgehead atoms. The Hall–Kier alpha value is -2.15. The lowest BCUT2D eigenvalue weighted by Crippen LogP contribution is -2.65. The minimum absolute atomic E-state index is 0.176. The Morgan fingerprint density at radius 3 is 2.81 bits per heavy atom. The highest BCUT2D eigenvalue weighted by Crippen LogP contribution is 2.48. The highest BCUT2D eigenvalue weighted by Gasteiger charge is 2.53. The van der Waals surface area contributed by atoms with Crippen molar-refractivity contribution in [1.82, 2.24) is 25.2 Å². The zero-order valence-corrected chi connectivity index (χ0v) is 16.2. The van der Waals surface area contributed by atoms with E-state index in [9.17, 15) is 0 Å². The van der Waals surface area contributed by atoms with Crippen LogP contribution in [0.4, 0.5) is 0 Å². The van der Waals surface area contributed by atoms with Gasteiger partial charge in [-0.05, 0) is 38.3 Å². The highest BCUT2D eigenvalue weighted by atomic mass is 16.5. The molecule has 142 valence electrons. The summed E-state index contributed by atoms with van der Waals surface area (Å²) in [6.45, 7) is 7.91. The third-order valence-electron chi connectivity index (χ3n) is 5.80. The summed E-state index contributed by atoms with van der Waals surface area (Å²) >= 11 is 0. The van der Waals surface area contributed by atoms with Gasteiger partial charge < -0.3 is 15.4 Å². The van der Waals surface area contributed by atoms with Crippen molar-refractivity contribution in [3.05, 3.63) is 30.2 Å². The molecule has 26 heavy (non-hydrogen) atoms. The van der Waals surface area contributed by atoms with Crippen molar-refractivity contribution in [1.29, 1.82) is 0 Å². The number of hydrogen-bond acceptors (Lipinski definition) is 4. The molecule has 0 aromatic carbocycles. The van der Waals surface area contributed by atoms with Crippen molar-refractivity contribution in [3.8, 4) is 0 Å². The number of pyridine rings is 1. The third-order valence-corrected chi connectivity index (χ3v) is 5.80. The average molecular weight is 358 g/mol. The van der Waals surface area contributed by atoms with Gasteiger partial charge in [0.15, 0.2) is 17.4 Å².